The Morgan fingerprint density at radius 3 is 1.66 bits per heavy atom. The molecule has 4 heteroatoms. The van der Waals surface area contributed by atoms with Crippen molar-refractivity contribution in [1.82, 2.24) is 0 Å². The van der Waals surface area contributed by atoms with E-state index in [0.29, 0.717) is 33.1 Å². The van der Waals surface area contributed by atoms with Crippen molar-refractivity contribution in [3.8, 4) is 10.9 Å². The van der Waals surface area contributed by atoms with E-state index in [1.54, 1.807) is 36.1 Å². The average Bonchev–Trinajstić information content (AvgIpc) is 2.77. The van der Waals surface area contributed by atoms with Crippen LogP contribution in [0.2, 0.25) is 0 Å². The molecule has 1 atom stereocenters. The maximum absolute atomic E-state index is 14.2. The first kappa shape index (κ1) is 24.7. The fourth-order valence-corrected chi connectivity index (χ4v) is 6.25. The zero-order chi connectivity index (χ0) is 25.4. The maximum atomic E-state index is 14.2. The monoisotopic (exact) mass is 480 g/mol. The average molecular weight is 481 g/mol. The number of hydrogen-bond donors (Lipinski definition) is 0. The molecule has 35 heavy (non-hydrogen) atoms. The van der Waals surface area contributed by atoms with Crippen molar-refractivity contribution in [2.24, 2.45) is 0 Å². The summed E-state index contributed by atoms with van der Waals surface area (Å²) in [5, 5.41) is 0.556. The summed E-state index contributed by atoms with van der Waals surface area (Å²) in [5.74, 6) is 1.21. The van der Waals surface area contributed by atoms with Gasteiger partial charge in [0.2, 0.25) is 0 Å². The van der Waals surface area contributed by atoms with Crippen molar-refractivity contribution in [2.75, 3.05) is 0 Å². The van der Waals surface area contributed by atoms with Crippen LogP contribution >= 0.6 is 7.76 Å². The van der Waals surface area contributed by atoms with Gasteiger partial charge in [0.15, 0.2) is 16.9 Å². The van der Waals surface area contributed by atoms with Gasteiger partial charge < -0.3 is 4.89 Å². The van der Waals surface area contributed by atoms with Crippen molar-refractivity contribution in [3.63, 3.8) is 0 Å². The molecular weight excluding hydrogens is 451 g/mol. The van der Waals surface area contributed by atoms with E-state index in [4.69, 9.17) is 0 Å². The normalized spacial score (nSPS) is 11.5. The summed E-state index contributed by atoms with van der Waals surface area (Å²) in [5.41, 5.74) is 8.00. The summed E-state index contributed by atoms with van der Waals surface area (Å²) >= 11 is 0. The summed E-state index contributed by atoms with van der Waals surface area (Å²) < 4.78 is 0. The Balaban J connectivity index is 2.05. The second kappa shape index (κ2) is 9.70. The Hall–Kier alpha value is -3.39. The van der Waals surface area contributed by atoms with Crippen LogP contribution in [0.15, 0.2) is 66.5 Å². The molecule has 0 saturated heterocycles. The highest BCUT2D eigenvalue weighted by atomic mass is 31.1. The maximum Gasteiger partial charge on any atom is 0.195 e. The van der Waals surface area contributed by atoms with Crippen LogP contribution in [0.3, 0.4) is 0 Å². The van der Waals surface area contributed by atoms with Gasteiger partial charge >= 0.3 is 0 Å². The molecule has 0 saturated carbocycles. The molecule has 0 N–H and O–H groups in total. The summed E-state index contributed by atoms with van der Waals surface area (Å²) in [6.07, 6.45) is 0. The molecular formula is C31H29O3P. The Morgan fingerprint density at radius 1 is 0.629 bits per heavy atom. The predicted molar refractivity (Wildman–Crippen MR) is 143 cm³/mol. The molecule has 1 aromatic heterocycles. The lowest BCUT2D eigenvalue weighted by Gasteiger charge is -2.18. The standard InChI is InChI=1S/C31H29O3P/c1-18-14-20(3)27(21(4)15-18)30(32)25-11-9-10-24(26-12-7-8-13-35(26)34)29(25)31(33)28-22(5)16-19(2)17-23(28)6/h7-17H,1-6H3. The first-order chi connectivity index (χ1) is 16.6. The smallest absolute Gasteiger partial charge is 0.195 e. The summed E-state index contributed by atoms with van der Waals surface area (Å²) in [6, 6.07) is 18.5. The summed E-state index contributed by atoms with van der Waals surface area (Å²) in [6.45, 7) is 11.7. The fourth-order valence-electron chi connectivity index (χ4n) is 5.17. The molecule has 3 aromatic carbocycles. The van der Waals surface area contributed by atoms with E-state index in [2.05, 4.69) is 0 Å². The first-order valence-electron chi connectivity index (χ1n) is 11.7. The molecule has 1 unspecified atom stereocenters. The van der Waals surface area contributed by atoms with Gasteiger partial charge in [-0.05, 0) is 82.0 Å². The molecule has 0 aliphatic carbocycles. The number of benzene rings is 3. The quantitative estimate of drug-likeness (QED) is 0.287. The second-order valence-corrected chi connectivity index (χ2v) is 10.8. The Labute approximate surface area is 208 Å². The molecule has 0 bridgehead atoms. The molecule has 4 aromatic rings. The van der Waals surface area contributed by atoms with Crippen molar-refractivity contribution in [1.29, 1.82) is 0 Å². The minimum atomic E-state index is -1.83. The van der Waals surface area contributed by atoms with Crippen LogP contribution in [-0.4, -0.2) is 11.6 Å². The Morgan fingerprint density at radius 2 is 1.14 bits per heavy atom. The number of rotatable bonds is 5. The number of ketones is 2. The third-order valence-corrected chi connectivity index (χ3v) is 7.75. The van der Waals surface area contributed by atoms with E-state index in [-0.39, 0.29) is 11.6 Å². The highest BCUT2D eigenvalue weighted by molar-refractivity contribution is 7.44. The third kappa shape index (κ3) is 4.62. The molecule has 3 nitrogen and oxygen atoms in total. The van der Waals surface area contributed by atoms with Gasteiger partial charge in [0.25, 0.3) is 0 Å². The lowest BCUT2D eigenvalue weighted by molar-refractivity contribution is -0.150. The van der Waals surface area contributed by atoms with Crippen LogP contribution in [-0.2, 0) is 0 Å². The number of carbonyl (C=O) groups excluding carboxylic acids is 2. The SMILES string of the molecule is Cc1cc(C)c(C(=O)c2cccc(-c3cccc[p+]3[O-])c2C(=O)c2c(C)cc(C)cc2C)c(C)c1. The second-order valence-electron chi connectivity index (χ2n) is 9.35. The van der Waals surface area contributed by atoms with Gasteiger partial charge in [-0.1, -0.05) is 53.6 Å². The number of hydrogen-bond acceptors (Lipinski definition) is 3. The van der Waals surface area contributed by atoms with Gasteiger partial charge in [-0.2, -0.15) is 0 Å². The third-order valence-electron chi connectivity index (χ3n) is 6.44. The number of aryl methyl sites for hydroxylation is 6. The van der Waals surface area contributed by atoms with Crippen LogP contribution < -0.4 is 4.89 Å². The van der Waals surface area contributed by atoms with Crippen LogP contribution in [0, 0.1) is 41.5 Å². The summed E-state index contributed by atoms with van der Waals surface area (Å²) in [4.78, 5) is 41.2. The van der Waals surface area contributed by atoms with Crippen LogP contribution in [0.5, 0.6) is 0 Å². The molecule has 0 aliphatic heterocycles. The predicted octanol–water partition coefficient (Wildman–Crippen LogP) is 7.06. The van der Waals surface area contributed by atoms with Gasteiger partial charge in [0.1, 0.15) is 5.80 Å². The van der Waals surface area contributed by atoms with Gasteiger partial charge in [-0.25, -0.2) is 0 Å². The van der Waals surface area contributed by atoms with Gasteiger partial charge in [0.05, 0.1) is 7.76 Å². The number of carbonyl (C=O) groups is 2. The van der Waals surface area contributed by atoms with E-state index < -0.39 is 7.76 Å². The topological polar surface area (TPSA) is 57.2 Å². The molecule has 0 aliphatic rings. The van der Waals surface area contributed by atoms with Gasteiger partial charge in [-0.15, -0.1) is 0 Å². The zero-order valence-electron chi connectivity index (χ0n) is 21.0. The van der Waals surface area contributed by atoms with E-state index in [1.807, 2.05) is 71.9 Å². The lowest BCUT2D eigenvalue weighted by Crippen LogP contribution is -2.16. The highest BCUT2D eigenvalue weighted by Crippen LogP contribution is 2.39. The van der Waals surface area contributed by atoms with E-state index in [1.165, 1.54) is 0 Å². The van der Waals surface area contributed by atoms with Crippen LogP contribution in [0.4, 0.5) is 0 Å². The molecule has 0 spiro atoms. The van der Waals surface area contributed by atoms with E-state index >= 15 is 0 Å². The van der Waals surface area contributed by atoms with Crippen molar-refractivity contribution in [2.45, 2.75) is 41.5 Å². The molecule has 0 amide bonds. The lowest BCUT2D eigenvalue weighted by atomic mass is 9.84. The van der Waals surface area contributed by atoms with Gasteiger partial charge in [0, 0.05) is 27.8 Å². The largest absolute Gasteiger partial charge is 0.626 e. The molecule has 176 valence electrons. The van der Waals surface area contributed by atoms with Crippen molar-refractivity contribution >= 4 is 19.3 Å². The Kier molecular flexibility index (Phi) is 6.85. The van der Waals surface area contributed by atoms with Crippen LogP contribution in [0.1, 0.15) is 65.2 Å². The van der Waals surface area contributed by atoms with E-state index in [9.17, 15) is 14.5 Å². The van der Waals surface area contributed by atoms with Gasteiger partial charge in [-0.3, -0.25) is 9.59 Å². The molecule has 1 heterocycles. The minimum Gasteiger partial charge on any atom is -0.626 e. The highest BCUT2D eigenvalue weighted by Gasteiger charge is 2.28. The molecule has 0 radical (unpaired) electrons. The fraction of sp³-hybridized carbons (Fsp3) is 0.194. The summed E-state index contributed by atoms with van der Waals surface area (Å²) in [7, 11) is -1.83. The van der Waals surface area contributed by atoms with E-state index in [0.717, 1.165) is 33.4 Å². The van der Waals surface area contributed by atoms with Crippen molar-refractivity contribution < 1.29 is 14.5 Å². The minimum absolute atomic E-state index is 0.196. The Bertz CT molecular complexity index is 1450. The molecule has 4 rings (SSSR count). The first-order valence-corrected chi connectivity index (χ1v) is 13.0. The van der Waals surface area contributed by atoms with Crippen molar-refractivity contribution in [3.05, 3.63) is 122 Å². The zero-order valence-corrected chi connectivity index (χ0v) is 21.9. The molecule has 0 fully saturated rings. The van der Waals surface area contributed by atoms with Crippen LogP contribution in [0.25, 0.3) is 10.9 Å².